The number of pyridine rings is 1. The summed E-state index contributed by atoms with van der Waals surface area (Å²) < 4.78 is 1.06. The van der Waals surface area contributed by atoms with E-state index in [0.717, 1.165) is 32.9 Å². The zero-order chi connectivity index (χ0) is 14.7. The molecule has 2 aromatic heterocycles. The van der Waals surface area contributed by atoms with E-state index >= 15 is 0 Å². The zero-order valence-corrected chi connectivity index (χ0v) is 12.5. The van der Waals surface area contributed by atoms with Crippen LogP contribution in [0.1, 0.15) is 19.8 Å². The van der Waals surface area contributed by atoms with Crippen LogP contribution in [0.2, 0.25) is 0 Å². The number of thiazole rings is 1. The Balaban J connectivity index is 1.90. The Morgan fingerprint density at radius 2 is 2.24 bits per heavy atom. The Labute approximate surface area is 126 Å². The van der Waals surface area contributed by atoms with Gasteiger partial charge in [0, 0.05) is 30.1 Å². The van der Waals surface area contributed by atoms with Gasteiger partial charge >= 0.3 is 0 Å². The Bertz CT molecular complexity index is 768. The minimum absolute atomic E-state index is 0.0499. The van der Waals surface area contributed by atoms with Crippen molar-refractivity contribution in [1.82, 2.24) is 9.97 Å². The number of nitrogens with one attached hydrogen (secondary N) is 1. The number of carbonyl (C=O) groups is 1. The van der Waals surface area contributed by atoms with E-state index in [4.69, 9.17) is 0 Å². The van der Waals surface area contributed by atoms with Gasteiger partial charge in [0.25, 0.3) is 0 Å². The molecule has 1 N–H and O–H groups in total. The molecule has 0 fully saturated rings. The average Bonchev–Trinajstić information content (AvgIpc) is 2.91. The summed E-state index contributed by atoms with van der Waals surface area (Å²) in [6.07, 6.45) is 4.95. The summed E-state index contributed by atoms with van der Waals surface area (Å²) in [5, 5.41) is 3.85. The fraction of sp³-hybridized carbons (Fsp3) is 0.188. The number of anilines is 1. The van der Waals surface area contributed by atoms with Crippen LogP contribution in [-0.2, 0) is 4.79 Å². The van der Waals surface area contributed by atoms with Crippen LogP contribution in [0.25, 0.3) is 20.8 Å². The third-order valence-corrected chi connectivity index (χ3v) is 4.12. The summed E-state index contributed by atoms with van der Waals surface area (Å²) >= 11 is 1.60. The van der Waals surface area contributed by atoms with Gasteiger partial charge in [0.05, 0.1) is 10.2 Å². The van der Waals surface area contributed by atoms with Crippen LogP contribution in [0.5, 0.6) is 0 Å². The molecule has 0 spiro atoms. The molecule has 3 rings (SSSR count). The first kappa shape index (κ1) is 13.7. The van der Waals surface area contributed by atoms with Gasteiger partial charge in [-0.3, -0.25) is 9.78 Å². The predicted molar refractivity (Wildman–Crippen MR) is 86.4 cm³/mol. The smallest absolute Gasteiger partial charge is 0.224 e. The van der Waals surface area contributed by atoms with E-state index in [1.807, 2.05) is 43.5 Å². The molecule has 21 heavy (non-hydrogen) atoms. The fourth-order valence-corrected chi connectivity index (χ4v) is 3.06. The van der Waals surface area contributed by atoms with Crippen LogP contribution in [0.15, 0.2) is 42.7 Å². The van der Waals surface area contributed by atoms with Crippen molar-refractivity contribution in [3.8, 4) is 10.6 Å². The fourth-order valence-electron chi connectivity index (χ4n) is 2.07. The highest BCUT2D eigenvalue weighted by atomic mass is 32.1. The highest BCUT2D eigenvalue weighted by molar-refractivity contribution is 7.21. The number of rotatable bonds is 4. The molecule has 0 aliphatic rings. The van der Waals surface area contributed by atoms with Crippen molar-refractivity contribution in [2.75, 3.05) is 5.32 Å². The predicted octanol–water partition coefficient (Wildman–Crippen LogP) is 4.10. The van der Waals surface area contributed by atoms with Gasteiger partial charge in [0.1, 0.15) is 5.01 Å². The second-order valence-electron chi connectivity index (χ2n) is 4.74. The second kappa shape index (κ2) is 6.01. The first-order valence-corrected chi connectivity index (χ1v) is 7.69. The number of nitrogens with zero attached hydrogens (tertiary/aromatic N) is 2. The maximum absolute atomic E-state index is 11.6. The molecule has 0 unspecified atom stereocenters. The average molecular weight is 297 g/mol. The third kappa shape index (κ3) is 3.08. The molecule has 5 heteroatoms. The maximum atomic E-state index is 11.6. The quantitative estimate of drug-likeness (QED) is 0.789. The summed E-state index contributed by atoms with van der Waals surface area (Å²) in [7, 11) is 0. The van der Waals surface area contributed by atoms with Gasteiger partial charge in [-0.1, -0.05) is 6.92 Å². The summed E-state index contributed by atoms with van der Waals surface area (Å²) in [6, 6.07) is 9.70. The molecular weight excluding hydrogens is 282 g/mol. The topological polar surface area (TPSA) is 54.9 Å². The number of aromatic nitrogens is 2. The number of benzene rings is 1. The molecule has 0 bridgehead atoms. The molecule has 0 aliphatic heterocycles. The number of fused-ring (bicyclic) bond motifs is 1. The van der Waals surface area contributed by atoms with Crippen molar-refractivity contribution >= 4 is 33.1 Å². The molecular formula is C16H15N3OS. The molecule has 1 amide bonds. The van der Waals surface area contributed by atoms with E-state index in [1.54, 1.807) is 17.5 Å². The lowest BCUT2D eigenvalue weighted by atomic mass is 10.2. The van der Waals surface area contributed by atoms with Gasteiger partial charge in [0.15, 0.2) is 0 Å². The van der Waals surface area contributed by atoms with E-state index in [2.05, 4.69) is 15.3 Å². The van der Waals surface area contributed by atoms with Gasteiger partial charge in [-0.05, 0) is 36.8 Å². The second-order valence-corrected chi connectivity index (χ2v) is 5.77. The number of amides is 1. The summed E-state index contributed by atoms with van der Waals surface area (Å²) in [4.78, 5) is 20.4. The van der Waals surface area contributed by atoms with Crippen molar-refractivity contribution in [3.63, 3.8) is 0 Å². The van der Waals surface area contributed by atoms with Crippen molar-refractivity contribution in [2.45, 2.75) is 19.8 Å². The lowest BCUT2D eigenvalue weighted by molar-refractivity contribution is -0.116. The van der Waals surface area contributed by atoms with E-state index < -0.39 is 0 Å². The monoisotopic (exact) mass is 297 g/mol. The maximum Gasteiger partial charge on any atom is 0.224 e. The van der Waals surface area contributed by atoms with Crippen molar-refractivity contribution in [1.29, 1.82) is 0 Å². The molecule has 4 nitrogen and oxygen atoms in total. The van der Waals surface area contributed by atoms with Crippen molar-refractivity contribution in [2.24, 2.45) is 0 Å². The van der Waals surface area contributed by atoms with Crippen LogP contribution in [0.3, 0.4) is 0 Å². The molecule has 0 radical (unpaired) electrons. The highest BCUT2D eigenvalue weighted by Crippen LogP contribution is 2.31. The standard InChI is InChI=1S/C16H15N3OS/c1-2-4-15(20)18-12-6-7-13-14(9-12)21-16(19-13)11-5-3-8-17-10-11/h3,5-10H,2,4H2,1H3,(H,18,20). The normalized spacial score (nSPS) is 10.7. The van der Waals surface area contributed by atoms with Crippen LogP contribution < -0.4 is 5.32 Å². The summed E-state index contributed by atoms with van der Waals surface area (Å²) in [5.41, 5.74) is 2.77. The first-order chi connectivity index (χ1) is 10.3. The molecule has 0 aliphatic carbocycles. The van der Waals surface area contributed by atoms with Gasteiger partial charge in [-0.25, -0.2) is 4.98 Å². The van der Waals surface area contributed by atoms with Crippen molar-refractivity contribution in [3.05, 3.63) is 42.7 Å². The van der Waals surface area contributed by atoms with E-state index in [9.17, 15) is 4.79 Å². The lowest BCUT2D eigenvalue weighted by Crippen LogP contribution is -2.10. The molecule has 106 valence electrons. The molecule has 0 saturated carbocycles. The summed E-state index contributed by atoms with van der Waals surface area (Å²) in [6.45, 7) is 1.99. The Morgan fingerprint density at radius 1 is 1.33 bits per heavy atom. The van der Waals surface area contributed by atoms with E-state index in [-0.39, 0.29) is 5.91 Å². The van der Waals surface area contributed by atoms with E-state index in [0.29, 0.717) is 6.42 Å². The third-order valence-electron chi connectivity index (χ3n) is 3.06. The molecule has 0 saturated heterocycles. The number of carbonyl (C=O) groups excluding carboxylic acids is 1. The lowest BCUT2D eigenvalue weighted by Gasteiger charge is -2.03. The van der Waals surface area contributed by atoms with Crippen LogP contribution in [0, 0.1) is 0 Å². The van der Waals surface area contributed by atoms with Gasteiger partial charge in [0.2, 0.25) is 5.91 Å². The summed E-state index contributed by atoms with van der Waals surface area (Å²) in [5.74, 6) is 0.0499. The minimum atomic E-state index is 0.0499. The Hall–Kier alpha value is -2.27. The Morgan fingerprint density at radius 3 is 3.00 bits per heavy atom. The number of hydrogen-bond donors (Lipinski definition) is 1. The van der Waals surface area contributed by atoms with Crippen molar-refractivity contribution < 1.29 is 4.79 Å². The van der Waals surface area contributed by atoms with Crippen LogP contribution in [-0.4, -0.2) is 15.9 Å². The largest absolute Gasteiger partial charge is 0.326 e. The first-order valence-electron chi connectivity index (χ1n) is 6.87. The molecule has 0 atom stereocenters. The van der Waals surface area contributed by atoms with Gasteiger partial charge < -0.3 is 5.32 Å². The molecule has 1 aromatic carbocycles. The zero-order valence-electron chi connectivity index (χ0n) is 11.7. The highest BCUT2D eigenvalue weighted by Gasteiger charge is 2.08. The van der Waals surface area contributed by atoms with Gasteiger partial charge in [-0.15, -0.1) is 11.3 Å². The molecule has 2 heterocycles. The molecule has 3 aromatic rings. The van der Waals surface area contributed by atoms with Crippen LogP contribution >= 0.6 is 11.3 Å². The minimum Gasteiger partial charge on any atom is -0.326 e. The Kier molecular flexibility index (Phi) is 3.92. The van der Waals surface area contributed by atoms with E-state index in [1.165, 1.54) is 0 Å². The van der Waals surface area contributed by atoms with Crippen LogP contribution in [0.4, 0.5) is 5.69 Å². The van der Waals surface area contributed by atoms with Gasteiger partial charge in [-0.2, -0.15) is 0 Å². The SMILES string of the molecule is CCCC(=O)Nc1ccc2nc(-c3cccnc3)sc2c1. The number of hydrogen-bond acceptors (Lipinski definition) is 4.